The van der Waals surface area contributed by atoms with Gasteiger partial charge in [0.1, 0.15) is 11.6 Å². The van der Waals surface area contributed by atoms with E-state index in [1.165, 1.54) is 58.0 Å². The van der Waals surface area contributed by atoms with Crippen LogP contribution in [0.25, 0.3) is 0 Å². The van der Waals surface area contributed by atoms with E-state index in [-0.39, 0.29) is 6.10 Å². The lowest BCUT2D eigenvalue weighted by Gasteiger charge is -2.39. The minimum atomic E-state index is -0.322. The second-order valence-electron chi connectivity index (χ2n) is 7.36. The Hall–Kier alpha value is -0.940. The third-order valence-electron chi connectivity index (χ3n) is 5.65. The first-order chi connectivity index (χ1) is 11.2. The van der Waals surface area contributed by atoms with Crippen LogP contribution in [0.4, 0.5) is 0 Å². The summed E-state index contributed by atoms with van der Waals surface area (Å²) in [6, 6.07) is 0.825. The van der Waals surface area contributed by atoms with Gasteiger partial charge in [-0.15, -0.1) is 0 Å². The van der Waals surface area contributed by atoms with Crippen LogP contribution in [0, 0.1) is 6.92 Å². The van der Waals surface area contributed by atoms with Crippen molar-refractivity contribution in [3.05, 3.63) is 11.6 Å². The lowest BCUT2D eigenvalue weighted by Crippen LogP contribution is -2.42. The van der Waals surface area contributed by atoms with Gasteiger partial charge < -0.3 is 10.0 Å². The van der Waals surface area contributed by atoms with E-state index in [0.29, 0.717) is 12.5 Å². The molecule has 1 saturated heterocycles. The van der Waals surface area contributed by atoms with Crippen LogP contribution in [0.3, 0.4) is 0 Å². The number of aliphatic hydroxyl groups excluding tert-OH is 1. The second-order valence-corrected chi connectivity index (χ2v) is 7.36. The summed E-state index contributed by atoms with van der Waals surface area (Å²) in [4.78, 5) is 7.39. The molecule has 0 bridgehead atoms. The Morgan fingerprint density at radius 2 is 1.83 bits per heavy atom. The van der Waals surface area contributed by atoms with Gasteiger partial charge in [0.15, 0.2) is 0 Å². The van der Waals surface area contributed by atoms with Gasteiger partial charge in [-0.2, -0.15) is 5.10 Å². The van der Waals surface area contributed by atoms with E-state index < -0.39 is 0 Å². The van der Waals surface area contributed by atoms with Crippen LogP contribution in [0.15, 0.2) is 0 Å². The second kappa shape index (κ2) is 7.75. The maximum atomic E-state index is 9.96. The average molecular weight is 320 g/mol. The normalized spacial score (nSPS) is 23.3. The van der Waals surface area contributed by atoms with Crippen LogP contribution >= 0.6 is 0 Å². The van der Waals surface area contributed by atoms with Gasteiger partial charge in [0, 0.05) is 12.0 Å². The van der Waals surface area contributed by atoms with Crippen LogP contribution in [0.5, 0.6) is 0 Å². The number of rotatable bonds is 5. The van der Waals surface area contributed by atoms with Crippen molar-refractivity contribution in [1.29, 1.82) is 0 Å². The fraction of sp³-hybridized carbons (Fsp3) is 0.889. The number of hydrogen-bond acceptors (Lipinski definition) is 4. The Kier molecular flexibility index (Phi) is 5.70. The lowest BCUT2D eigenvalue weighted by molar-refractivity contribution is 0.116. The van der Waals surface area contributed by atoms with Crippen molar-refractivity contribution in [2.45, 2.75) is 89.8 Å². The average Bonchev–Trinajstić information content (AvgIpc) is 2.96. The molecule has 23 heavy (non-hydrogen) atoms. The smallest absolute Gasteiger partial charge is 0.147 e. The Morgan fingerprint density at radius 3 is 2.48 bits per heavy atom. The minimum Gasteiger partial charge on any atom is -0.391 e. The molecule has 2 aliphatic rings. The molecule has 2 fully saturated rings. The van der Waals surface area contributed by atoms with Gasteiger partial charge in [0.05, 0.1) is 12.6 Å². The summed E-state index contributed by atoms with van der Waals surface area (Å²) in [5.41, 5.74) is 0. The summed E-state index contributed by atoms with van der Waals surface area (Å²) in [5.74, 6) is 2.43. The molecule has 0 aromatic carbocycles. The molecule has 0 radical (unpaired) electrons. The molecular weight excluding hydrogens is 288 g/mol. The quantitative estimate of drug-likeness (QED) is 0.906. The molecule has 5 heteroatoms. The molecule has 0 amide bonds. The maximum absolute atomic E-state index is 9.96. The zero-order valence-electron chi connectivity index (χ0n) is 14.7. The molecule has 1 aromatic rings. The molecule has 1 aliphatic carbocycles. The van der Waals surface area contributed by atoms with Crippen molar-refractivity contribution in [2.75, 3.05) is 13.1 Å². The summed E-state index contributed by atoms with van der Waals surface area (Å²) < 4.78 is 1.96. The topological polar surface area (TPSA) is 54.2 Å². The van der Waals surface area contributed by atoms with E-state index in [4.69, 9.17) is 0 Å². The summed E-state index contributed by atoms with van der Waals surface area (Å²) in [5, 5.41) is 14.5. The molecule has 1 aliphatic heterocycles. The molecule has 1 saturated carbocycles. The molecule has 1 N–H and O–H groups in total. The first kappa shape index (κ1) is 16.9. The van der Waals surface area contributed by atoms with Gasteiger partial charge in [0.25, 0.3) is 0 Å². The standard InChI is InChI=1S/C18H32N4O/c1-3-17(23)13-22-18(19-14(2)20-22)15-9-11-21(12-10-15)16-7-5-4-6-8-16/h15-17,23H,3-13H2,1-2H3/t17-/m1/s1. The number of aromatic nitrogens is 3. The highest BCUT2D eigenvalue weighted by molar-refractivity contribution is 5.02. The molecule has 2 heterocycles. The number of aliphatic hydroxyl groups is 1. The third-order valence-corrected chi connectivity index (χ3v) is 5.65. The minimum absolute atomic E-state index is 0.322. The molecule has 0 unspecified atom stereocenters. The van der Waals surface area contributed by atoms with E-state index in [1.807, 2.05) is 18.5 Å². The van der Waals surface area contributed by atoms with Crippen LogP contribution in [-0.2, 0) is 6.54 Å². The Labute approximate surface area is 140 Å². The van der Waals surface area contributed by atoms with Gasteiger partial charge in [-0.25, -0.2) is 9.67 Å². The Balaban J connectivity index is 1.60. The van der Waals surface area contributed by atoms with Crippen LogP contribution in [0.2, 0.25) is 0 Å². The van der Waals surface area contributed by atoms with Gasteiger partial charge in [-0.3, -0.25) is 0 Å². The number of hydrogen-bond donors (Lipinski definition) is 1. The first-order valence-electron chi connectivity index (χ1n) is 9.50. The van der Waals surface area contributed by atoms with Crippen molar-refractivity contribution < 1.29 is 5.11 Å². The van der Waals surface area contributed by atoms with E-state index in [0.717, 1.165) is 24.1 Å². The highest BCUT2D eigenvalue weighted by atomic mass is 16.3. The summed E-state index contributed by atoms with van der Waals surface area (Å²) in [6.07, 6.45) is 9.82. The zero-order valence-corrected chi connectivity index (χ0v) is 14.7. The molecule has 1 atom stereocenters. The predicted molar refractivity (Wildman–Crippen MR) is 91.5 cm³/mol. The number of aryl methyl sites for hydroxylation is 1. The van der Waals surface area contributed by atoms with Gasteiger partial charge in [-0.1, -0.05) is 26.2 Å². The van der Waals surface area contributed by atoms with E-state index in [1.54, 1.807) is 0 Å². The zero-order chi connectivity index (χ0) is 16.2. The largest absolute Gasteiger partial charge is 0.391 e. The number of nitrogens with zero attached hydrogens (tertiary/aromatic N) is 4. The van der Waals surface area contributed by atoms with E-state index >= 15 is 0 Å². The summed E-state index contributed by atoms with van der Waals surface area (Å²) in [6.45, 7) is 6.93. The Morgan fingerprint density at radius 1 is 1.13 bits per heavy atom. The van der Waals surface area contributed by atoms with Crippen molar-refractivity contribution >= 4 is 0 Å². The predicted octanol–water partition coefficient (Wildman–Crippen LogP) is 2.87. The SMILES string of the molecule is CC[C@@H](O)Cn1nc(C)nc1C1CCN(C2CCCCC2)CC1. The fourth-order valence-corrected chi connectivity index (χ4v) is 4.21. The third kappa shape index (κ3) is 4.13. The van der Waals surface area contributed by atoms with E-state index in [2.05, 4.69) is 15.0 Å². The van der Waals surface area contributed by atoms with Gasteiger partial charge >= 0.3 is 0 Å². The maximum Gasteiger partial charge on any atom is 0.147 e. The highest BCUT2D eigenvalue weighted by Crippen LogP contribution is 2.31. The van der Waals surface area contributed by atoms with Crippen molar-refractivity contribution in [2.24, 2.45) is 0 Å². The molecule has 0 spiro atoms. The van der Waals surface area contributed by atoms with Crippen LogP contribution in [0.1, 0.15) is 75.9 Å². The molecule has 130 valence electrons. The summed E-state index contributed by atoms with van der Waals surface area (Å²) >= 11 is 0. The van der Waals surface area contributed by atoms with Crippen molar-refractivity contribution in [1.82, 2.24) is 19.7 Å². The number of piperidine rings is 1. The highest BCUT2D eigenvalue weighted by Gasteiger charge is 2.29. The van der Waals surface area contributed by atoms with Gasteiger partial charge in [0.2, 0.25) is 0 Å². The summed E-state index contributed by atoms with van der Waals surface area (Å²) in [7, 11) is 0. The van der Waals surface area contributed by atoms with Crippen LogP contribution < -0.4 is 0 Å². The molecule has 5 nitrogen and oxygen atoms in total. The van der Waals surface area contributed by atoms with Crippen molar-refractivity contribution in [3.8, 4) is 0 Å². The first-order valence-corrected chi connectivity index (χ1v) is 9.50. The molecule has 1 aromatic heterocycles. The number of likely N-dealkylation sites (tertiary alicyclic amines) is 1. The van der Waals surface area contributed by atoms with E-state index in [9.17, 15) is 5.11 Å². The molecular formula is C18H32N4O. The fourth-order valence-electron chi connectivity index (χ4n) is 4.21. The lowest BCUT2D eigenvalue weighted by atomic mass is 9.90. The van der Waals surface area contributed by atoms with Gasteiger partial charge in [-0.05, 0) is 52.1 Å². The van der Waals surface area contributed by atoms with Crippen molar-refractivity contribution in [3.63, 3.8) is 0 Å². The monoisotopic (exact) mass is 320 g/mol. The Bertz CT molecular complexity index is 487. The molecule has 3 rings (SSSR count). The van der Waals surface area contributed by atoms with Crippen LogP contribution in [-0.4, -0.2) is 50.0 Å².